The minimum atomic E-state index is -0.363. The number of aliphatic hydroxyl groups is 1. The van der Waals surface area contributed by atoms with Gasteiger partial charge in [-0.25, -0.2) is 0 Å². The molecule has 3 atom stereocenters. The predicted molar refractivity (Wildman–Crippen MR) is 88.8 cm³/mol. The van der Waals surface area contributed by atoms with E-state index in [1.807, 2.05) is 0 Å². The predicted octanol–water partition coefficient (Wildman–Crippen LogP) is 2.45. The highest BCUT2D eigenvalue weighted by atomic mass is 16.5. The minimum Gasteiger partial charge on any atom is -0.385 e. The van der Waals surface area contributed by atoms with Gasteiger partial charge in [0.1, 0.15) is 25.7 Å². The molecule has 4 heteroatoms. The van der Waals surface area contributed by atoms with E-state index >= 15 is 0 Å². The number of aliphatic hydroxyl groups excluding tert-OH is 1. The highest BCUT2D eigenvalue weighted by Gasteiger charge is 2.34. The summed E-state index contributed by atoms with van der Waals surface area (Å²) >= 11 is 0. The lowest BCUT2D eigenvalue weighted by Gasteiger charge is -2.42. The standard InChI is InChI=1S/C18H36NO3/c1-5-19(6-8-21-9-7-19)13-16(20)14-22-17-10-15(2)11-18(3,4)12-17/h15-17,20H,5-14H2,1-4H3/q+1/t15-,16-,17+/m0/s1. The first-order valence-corrected chi connectivity index (χ1v) is 9.07. The van der Waals surface area contributed by atoms with Crippen molar-refractivity contribution in [1.82, 2.24) is 0 Å². The Labute approximate surface area is 136 Å². The SMILES string of the molecule is CC[N+]1(C[C@H](O)CO[C@@H]2C[C@H](C)CC(C)(C)C2)CCOCC1. The highest BCUT2D eigenvalue weighted by molar-refractivity contribution is 4.83. The monoisotopic (exact) mass is 314 g/mol. The van der Waals surface area contributed by atoms with E-state index in [0.717, 1.165) is 62.6 Å². The van der Waals surface area contributed by atoms with Gasteiger partial charge in [0.15, 0.2) is 0 Å². The van der Waals surface area contributed by atoms with Crippen molar-refractivity contribution in [2.45, 2.75) is 59.2 Å². The fourth-order valence-corrected chi connectivity index (χ4v) is 4.49. The Morgan fingerprint density at radius 2 is 1.95 bits per heavy atom. The second-order valence-corrected chi connectivity index (χ2v) is 8.42. The molecule has 2 aliphatic rings. The van der Waals surface area contributed by atoms with Gasteiger partial charge < -0.3 is 19.1 Å². The number of rotatable bonds is 6. The molecule has 1 aliphatic carbocycles. The maximum absolute atomic E-state index is 10.4. The summed E-state index contributed by atoms with van der Waals surface area (Å²) in [4.78, 5) is 0. The van der Waals surface area contributed by atoms with Gasteiger partial charge in [-0.05, 0) is 37.5 Å². The number of hydrogen-bond donors (Lipinski definition) is 1. The molecule has 1 aliphatic heterocycles. The summed E-state index contributed by atoms with van der Waals surface area (Å²) in [6, 6.07) is 0. The number of likely N-dealkylation sites (N-methyl/N-ethyl adjacent to an activating group) is 1. The van der Waals surface area contributed by atoms with Crippen LogP contribution in [0, 0.1) is 11.3 Å². The first-order valence-electron chi connectivity index (χ1n) is 9.07. The summed E-state index contributed by atoms with van der Waals surface area (Å²) in [6.07, 6.45) is 3.49. The third-order valence-corrected chi connectivity index (χ3v) is 5.56. The van der Waals surface area contributed by atoms with Crippen LogP contribution in [0.15, 0.2) is 0 Å². The number of quaternary nitrogens is 1. The minimum absolute atomic E-state index is 0.313. The van der Waals surface area contributed by atoms with Crippen LogP contribution < -0.4 is 0 Å². The maximum atomic E-state index is 10.4. The zero-order chi connectivity index (χ0) is 16.2. The molecule has 0 unspecified atom stereocenters. The summed E-state index contributed by atoms with van der Waals surface area (Å²) in [5.41, 5.74) is 0.370. The lowest BCUT2D eigenvalue weighted by Crippen LogP contribution is -2.58. The zero-order valence-electron chi connectivity index (χ0n) is 15.0. The van der Waals surface area contributed by atoms with E-state index in [9.17, 15) is 5.11 Å². The topological polar surface area (TPSA) is 38.7 Å². The average molecular weight is 314 g/mol. The van der Waals surface area contributed by atoms with Gasteiger partial charge in [-0.1, -0.05) is 20.8 Å². The molecule has 4 nitrogen and oxygen atoms in total. The molecule has 0 aromatic carbocycles. The van der Waals surface area contributed by atoms with Crippen LogP contribution in [0.3, 0.4) is 0 Å². The molecule has 0 aromatic heterocycles. The Kier molecular flexibility index (Phi) is 6.29. The van der Waals surface area contributed by atoms with Gasteiger partial charge in [0, 0.05) is 0 Å². The molecule has 1 heterocycles. The smallest absolute Gasteiger partial charge is 0.126 e. The fraction of sp³-hybridized carbons (Fsp3) is 1.00. The van der Waals surface area contributed by atoms with E-state index in [1.54, 1.807) is 0 Å². The van der Waals surface area contributed by atoms with Gasteiger partial charge in [0.25, 0.3) is 0 Å². The van der Waals surface area contributed by atoms with Crippen LogP contribution >= 0.6 is 0 Å². The summed E-state index contributed by atoms with van der Waals surface area (Å²) < 4.78 is 12.5. The van der Waals surface area contributed by atoms with Crippen LogP contribution in [0.5, 0.6) is 0 Å². The van der Waals surface area contributed by atoms with Crippen LogP contribution in [-0.4, -0.2) is 67.8 Å². The third kappa shape index (κ3) is 5.19. The lowest BCUT2D eigenvalue weighted by atomic mass is 9.71. The largest absolute Gasteiger partial charge is 0.385 e. The summed E-state index contributed by atoms with van der Waals surface area (Å²) in [5, 5.41) is 10.4. The number of morpholine rings is 1. The molecule has 2 fully saturated rings. The van der Waals surface area contributed by atoms with E-state index in [0.29, 0.717) is 18.1 Å². The summed E-state index contributed by atoms with van der Waals surface area (Å²) in [7, 11) is 0. The normalized spacial score (nSPS) is 32.6. The molecule has 0 aromatic rings. The van der Waals surface area contributed by atoms with Crippen molar-refractivity contribution in [3.63, 3.8) is 0 Å². The van der Waals surface area contributed by atoms with Gasteiger partial charge in [0.2, 0.25) is 0 Å². The molecular formula is C18H36NO3+. The molecule has 1 saturated carbocycles. The zero-order valence-corrected chi connectivity index (χ0v) is 15.0. The van der Waals surface area contributed by atoms with Gasteiger partial charge in [-0.2, -0.15) is 0 Å². The fourth-order valence-electron chi connectivity index (χ4n) is 4.49. The Hall–Kier alpha value is -0.160. The van der Waals surface area contributed by atoms with E-state index in [4.69, 9.17) is 9.47 Å². The molecule has 0 bridgehead atoms. The molecule has 1 N–H and O–H groups in total. The Morgan fingerprint density at radius 1 is 1.27 bits per heavy atom. The molecule has 2 rings (SSSR count). The van der Waals surface area contributed by atoms with Crippen molar-refractivity contribution in [3.05, 3.63) is 0 Å². The van der Waals surface area contributed by atoms with Crippen molar-refractivity contribution in [1.29, 1.82) is 0 Å². The first kappa shape index (κ1) is 18.2. The molecular weight excluding hydrogens is 278 g/mol. The van der Waals surface area contributed by atoms with Gasteiger partial charge in [0.05, 0.1) is 32.5 Å². The molecule has 130 valence electrons. The van der Waals surface area contributed by atoms with Gasteiger partial charge in [-0.3, -0.25) is 0 Å². The van der Waals surface area contributed by atoms with Gasteiger partial charge in [-0.15, -0.1) is 0 Å². The van der Waals surface area contributed by atoms with E-state index in [1.165, 1.54) is 6.42 Å². The number of ether oxygens (including phenoxy) is 2. The molecule has 1 saturated heterocycles. The van der Waals surface area contributed by atoms with Crippen LogP contribution in [0.25, 0.3) is 0 Å². The maximum Gasteiger partial charge on any atom is 0.126 e. The Balaban J connectivity index is 1.78. The number of nitrogens with zero attached hydrogens (tertiary/aromatic N) is 1. The van der Waals surface area contributed by atoms with Gasteiger partial charge >= 0.3 is 0 Å². The van der Waals surface area contributed by atoms with Crippen LogP contribution in [0.4, 0.5) is 0 Å². The molecule has 0 spiro atoms. The lowest BCUT2D eigenvalue weighted by molar-refractivity contribution is -0.936. The van der Waals surface area contributed by atoms with E-state index in [-0.39, 0.29) is 6.10 Å². The Bertz CT molecular complexity index is 339. The van der Waals surface area contributed by atoms with Crippen molar-refractivity contribution in [3.8, 4) is 0 Å². The van der Waals surface area contributed by atoms with Crippen molar-refractivity contribution < 1.29 is 19.1 Å². The quantitative estimate of drug-likeness (QED) is 0.765. The number of hydrogen-bond acceptors (Lipinski definition) is 3. The second kappa shape index (κ2) is 7.61. The molecule has 0 amide bonds. The van der Waals surface area contributed by atoms with Crippen molar-refractivity contribution in [2.75, 3.05) is 46.0 Å². The summed E-state index contributed by atoms with van der Waals surface area (Å²) in [5.74, 6) is 0.721. The van der Waals surface area contributed by atoms with E-state index < -0.39 is 0 Å². The second-order valence-electron chi connectivity index (χ2n) is 8.42. The average Bonchev–Trinajstić information content (AvgIpc) is 2.44. The summed E-state index contributed by atoms with van der Waals surface area (Å²) in [6.45, 7) is 15.2. The first-order chi connectivity index (χ1) is 10.3. The molecule has 22 heavy (non-hydrogen) atoms. The highest BCUT2D eigenvalue weighted by Crippen LogP contribution is 2.39. The van der Waals surface area contributed by atoms with E-state index in [2.05, 4.69) is 27.7 Å². The third-order valence-electron chi connectivity index (χ3n) is 5.56. The Morgan fingerprint density at radius 3 is 2.55 bits per heavy atom. The van der Waals surface area contributed by atoms with Crippen LogP contribution in [0.1, 0.15) is 47.0 Å². The molecule has 0 radical (unpaired) electrons. The van der Waals surface area contributed by atoms with Crippen molar-refractivity contribution in [2.24, 2.45) is 11.3 Å². The van der Waals surface area contributed by atoms with Crippen LogP contribution in [0.2, 0.25) is 0 Å². The van der Waals surface area contributed by atoms with Crippen LogP contribution in [-0.2, 0) is 9.47 Å². The van der Waals surface area contributed by atoms with Crippen molar-refractivity contribution >= 4 is 0 Å².